The van der Waals surface area contributed by atoms with Gasteiger partial charge in [0, 0.05) is 11.3 Å². The lowest BCUT2D eigenvalue weighted by atomic mass is 9.91. The second-order valence-corrected chi connectivity index (χ2v) is 6.17. The van der Waals surface area contributed by atoms with Crippen molar-refractivity contribution in [3.05, 3.63) is 65.5 Å². The molecule has 2 aromatic carbocycles. The van der Waals surface area contributed by atoms with E-state index in [-0.39, 0.29) is 30.2 Å². The van der Waals surface area contributed by atoms with Gasteiger partial charge in [-0.05, 0) is 60.7 Å². The van der Waals surface area contributed by atoms with Crippen LogP contribution in [-0.4, -0.2) is 5.91 Å². The van der Waals surface area contributed by atoms with Gasteiger partial charge in [0.2, 0.25) is 0 Å². The Morgan fingerprint density at radius 1 is 1.04 bits per heavy atom. The topological polar surface area (TPSA) is 55.1 Å². The number of carbonyl (C=O) groups excluding carboxylic acids is 1. The molecule has 5 heteroatoms. The highest BCUT2D eigenvalue weighted by Gasteiger charge is 2.28. The third-order valence-electron chi connectivity index (χ3n) is 4.56. The van der Waals surface area contributed by atoms with Gasteiger partial charge in [0.15, 0.2) is 0 Å². The quantitative estimate of drug-likeness (QED) is 0.800. The Morgan fingerprint density at radius 3 is 2.21 bits per heavy atom. The highest BCUT2D eigenvalue weighted by molar-refractivity contribution is 5.94. The fourth-order valence-electron chi connectivity index (χ4n) is 3.29. The van der Waals surface area contributed by atoms with Crippen molar-refractivity contribution in [1.82, 2.24) is 5.32 Å². The molecule has 0 aromatic heterocycles. The summed E-state index contributed by atoms with van der Waals surface area (Å²) in [5, 5.41) is 3.13. The van der Waals surface area contributed by atoms with Crippen molar-refractivity contribution in [3.63, 3.8) is 0 Å². The first-order valence-corrected chi connectivity index (χ1v) is 8.05. The lowest BCUT2D eigenvalue weighted by Crippen LogP contribution is -2.32. The molecule has 3 N–H and O–H groups in total. The van der Waals surface area contributed by atoms with E-state index in [4.69, 9.17) is 5.73 Å². The monoisotopic (exact) mass is 348 g/mol. The first kappa shape index (κ1) is 18.3. The van der Waals surface area contributed by atoms with E-state index in [0.717, 1.165) is 18.4 Å². The van der Waals surface area contributed by atoms with Gasteiger partial charge in [-0.15, -0.1) is 12.4 Å². The maximum absolute atomic E-state index is 13.2. The summed E-state index contributed by atoms with van der Waals surface area (Å²) in [5.41, 5.74) is 7.85. The first-order chi connectivity index (χ1) is 11.1. The number of hydrogen-bond donors (Lipinski definition) is 2. The molecule has 3 rings (SSSR count). The number of rotatable bonds is 4. The van der Waals surface area contributed by atoms with E-state index in [1.54, 1.807) is 36.4 Å². The molecular formula is C19H22ClFN2O. The van der Waals surface area contributed by atoms with Gasteiger partial charge in [-0.2, -0.15) is 0 Å². The van der Waals surface area contributed by atoms with Crippen molar-refractivity contribution in [3.8, 4) is 0 Å². The minimum Gasteiger partial charge on any atom is -0.399 e. The minimum absolute atomic E-state index is 0. The van der Waals surface area contributed by atoms with E-state index in [2.05, 4.69) is 5.32 Å². The Morgan fingerprint density at radius 2 is 1.62 bits per heavy atom. The van der Waals surface area contributed by atoms with Gasteiger partial charge < -0.3 is 11.1 Å². The van der Waals surface area contributed by atoms with Crippen LogP contribution in [0.5, 0.6) is 0 Å². The van der Waals surface area contributed by atoms with E-state index >= 15 is 0 Å². The second kappa shape index (κ2) is 8.15. The summed E-state index contributed by atoms with van der Waals surface area (Å²) in [5.74, 6) is 0.0215. The van der Waals surface area contributed by atoms with Crippen LogP contribution in [0.25, 0.3) is 0 Å². The van der Waals surface area contributed by atoms with E-state index in [1.807, 2.05) is 0 Å². The Hall–Kier alpha value is -2.07. The molecule has 3 nitrogen and oxygen atoms in total. The molecule has 0 aliphatic heterocycles. The lowest BCUT2D eigenvalue weighted by molar-refractivity contribution is 0.0922. The number of benzene rings is 2. The van der Waals surface area contributed by atoms with Crippen LogP contribution in [-0.2, 0) is 0 Å². The predicted molar refractivity (Wildman–Crippen MR) is 96.7 cm³/mol. The highest BCUT2D eigenvalue weighted by atomic mass is 35.5. The maximum Gasteiger partial charge on any atom is 0.251 e. The van der Waals surface area contributed by atoms with E-state index in [9.17, 15) is 9.18 Å². The number of halogens is 2. The summed E-state index contributed by atoms with van der Waals surface area (Å²) in [6.45, 7) is 0. The highest BCUT2D eigenvalue weighted by Crippen LogP contribution is 2.36. The summed E-state index contributed by atoms with van der Waals surface area (Å²) in [6, 6.07) is 13.2. The second-order valence-electron chi connectivity index (χ2n) is 6.17. The molecule has 1 aliphatic carbocycles. The zero-order valence-electron chi connectivity index (χ0n) is 13.4. The Bertz CT molecular complexity index is 667. The predicted octanol–water partition coefficient (Wildman–Crippen LogP) is 4.49. The van der Waals surface area contributed by atoms with Gasteiger partial charge in [-0.1, -0.05) is 25.0 Å². The maximum atomic E-state index is 13.2. The van der Waals surface area contributed by atoms with Crippen LogP contribution in [0, 0.1) is 11.7 Å². The van der Waals surface area contributed by atoms with E-state index in [0.29, 0.717) is 17.2 Å². The van der Waals surface area contributed by atoms with Crippen LogP contribution in [0.4, 0.5) is 10.1 Å². The number of nitrogens with two attached hydrogens (primary N) is 1. The number of nitrogen functional groups attached to an aromatic ring is 1. The summed E-state index contributed by atoms with van der Waals surface area (Å²) in [6.07, 6.45) is 4.54. The van der Waals surface area contributed by atoms with Crippen LogP contribution in [0.2, 0.25) is 0 Å². The molecular weight excluding hydrogens is 327 g/mol. The summed E-state index contributed by atoms with van der Waals surface area (Å²) in [7, 11) is 0. The average molecular weight is 349 g/mol. The van der Waals surface area contributed by atoms with Crippen LogP contribution in [0.3, 0.4) is 0 Å². The third-order valence-corrected chi connectivity index (χ3v) is 4.56. The molecule has 0 bridgehead atoms. The van der Waals surface area contributed by atoms with Crippen LogP contribution < -0.4 is 11.1 Å². The van der Waals surface area contributed by atoms with Crippen molar-refractivity contribution in [2.24, 2.45) is 5.92 Å². The molecule has 1 atom stereocenters. The van der Waals surface area contributed by atoms with Gasteiger partial charge in [0.05, 0.1) is 6.04 Å². The molecule has 0 radical (unpaired) electrons. The molecule has 0 spiro atoms. The van der Waals surface area contributed by atoms with Crippen LogP contribution in [0.15, 0.2) is 48.5 Å². The van der Waals surface area contributed by atoms with Gasteiger partial charge in [0.25, 0.3) is 5.91 Å². The van der Waals surface area contributed by atoms with Crippen LogP contribution in [0.1, 0.15) is 47.6 Å². The van der Waals surface area contributed by atoms with Crippen molar-refractivity contribution >= 4 is 24.0 Å². The Labute approximate surface area is 147 Å². The molecule has 2 aromatic rings. The van der Waals surface area contributed by atoms with Crippen molar-refractivity contribution in [1.29, 1.82) is 0 Å². The Balaban J connectivity index is 0.00000208. The summed E-state index contributed by atoms with van der Waals surface area (Å²) in [4.78, 5) is 12.5. The number of carbonyl (C=O) groups is 1. The number of amides is 1. The standard InChI is InChI=1S/C19H21FN2O.ClH/c20-16-9-5-14(6-10-16)18(13-3-1-2-4-13)22-19(23)15-7-11-17(21)12-8-15;/h5-13,18H,1-4,21H2,(H,22,23);1H. The smallest absolute Gasteiger partial charge is 0.251 e. The molecule has 0 heterocycles. The third kappa shape index (κ3) is 4.26. The van der Waals surface area contributed by atoms with Gasteiger partial charge in [-0.25, -0.2) is 4.39 Å². The fraction of sp³-hybridized carbons (Fsp3) is 0.316. The average Bonchev–Trinajstić information content (AvgIpc) is 3.08. The molecule has 1 aliphatic rings. The molecule has 128 valence electrons. The SMILES string of the molecule is Cl.Nc1ccc(C(=O)NC(c2ccc(F)cc2)C2CCCC2)cc1. The molecule has 1 saturated carbocycles. The number of anilines is 1. The van der Waals surface area contributed by atoms with Gasteiger partial charge in [0.1, 0.15) is 5.82 Å². The largest absolute Gasteiger partial charge is 0.399 e. The first-order valence-electron chi connectivity index (χ1n) is 8.05. The molecule has 1 amide bonds. The normalized spacial score (nSPS) is 15.5. The zero-order valence-corrected chi connectivity index (χ0v) is 14.2. The lowest BCUT2D eigenvalue weighted by Gasteiger charge is -2.25. The molecule has 24 heavy (non-hydrogen) atoms. The summed E-state index contributed by atoms with van der Waals surface area (Å²) >= 11 is 0. The fourth-order valence-corrected chi connectivity index (χ4v) is 3.29. The number of nitrogens with one attached hydrogen (secondary N) is 1. The van der Waals surface area contributed by atoms with Gasteiger partial charge in [-0.3, -0.25) is 4.79 Å². The van der Waals surface area contributed by atoms with E-state index in [1.165, 1.54) is 25.0 Å². The molecule has 0 saturated heterocycles. The number of hydrogen-bond acceptors (Lipinski definition) is 2. The minimum atomic E-state index is -0.260. The van der Waals surface area contributed by atoms with Crippen molar-refractivity contribution in [2.45, 2.75) is 31.7 Å². The zero-order chi connectivity index (χ0) is 16.2. The molecule has 1 unspecified atom stereocenters. The van der Waals surface area contributed by atoms with E-state index < -0.39 is 0 Å². The molecule has 1 fully saturated rings. The van der Waals surface area contributed by atoms with Gasteiger partial charge >= 0.3 is 0 Å². The van der Waals surface area contributed by atoms with Crippen molar-refractivity contribution in [2.75, 3.05) is 5.73 Å². The van der Waals surface area contributed by atoms with Crippen molar-refractivity contribution < 1.29 is 9.18 Å². The Kier molecular flexibility index (Phi) is 6.21. The van der Waals surface area contributed by atoms with Crippen LogP contribution >= 0.6 is 12.4 Å². The summed E-state index contributed by atoms with van der Waals surface area (Å²) < 4.78 is 13.2.